The van der Waals surface area contributed by atoms with Crippen LogP contribution < -0.4 is 10.5 Å². The monoisotopic (exact) mass is 359 g/mol. The Morgan fingerprint density at radius 1 is 1.07 bits per heavy atom. The highest BCUT2D eigenvalue weighted by Crippen LogP contribution is 2.19. The van der Waals surface area contributed by atoms with Crippen LogP contribution in [0.2, 0.25) is 0 Å². The van der Waals surface area contributed by atoms with E-state index in [4.69, 9.17) is 0 Å². The van der Waals surface area contributed by atoms with Gasteiger partial charge >= 0.3 is 0 Å². The Balaban J connectivity index is 1.70. The number of H-pyrrole nitrogens is 1. The highest BCUT2D eigenvalue weighted by atomic mass is 16.2. The first-order valence-electron chi connectivity index (χ1n) is 8.48. The summed E-state index contributed by atoms with van der Waals surface area (Å²) in [6.07, 6.45) is 0.00852. The van der Waals surface area contributed by atoms with Gasteiger partial charge in [0.15, 0.2) is 5.82 Å². The lowest BCUT2D eigenvalue weighted by Gasteiger charge is -2.17. The number of rotatable bonds is 4. The van der Waals surface area contributed by atoms with Gasteiger partial charge in [-0.15, -0.1) is 0 Å². The van der Waals surface area contributed by atoms with E-state index in [0.717, 1.165) is 11.3 Å². The summed E-state index contributed by atoms with van der Waals surface area (Å²) in [5.41, 5.74) is 2.33. The Hall–Kier alpha value is -3.74. The maximum Gasteiger partial charge on any atom is 0.290 e. The van der Waals surface area contributed by atoms with Crippen molar-refractivity contribution in [3.05, 3.63) is 82.9 Å². The lowest BCUT2D eigenvalue weighted by atomic mass is 10.1. The number of benzene rings is 2. The summed E-state index contributed by atoms with van der Waals surface area (Å²) in [5.74, 6) is 0.221. The first-order valence-corrected chi connectivity index (χ1v) is 8.48. The van der Waals surface area contributed by atoms with E-state index < -0.39 is 0 Å². The van der Waals surface area contributed by atoms with Crippen molar-refractivity contribution in [2.45, 2.75) is 6.42 Å². The van der Waals surface area contributed by atoms with E-state index in [1.54, 1.807) is 18.0 Å². The molecule has 0 spiro atoms. The van der Waals surface area contributed by atoms with Gasteiger partial charge in [-0.3, -0.25) is 9.59 Å². The topological polar surface area (TPSA) is 83.4 Å². The van der Waals surface area contributed by atoms with Crippen molar-refractivity contribution in [3.63, 3.8) is 0 Å². The average Bonchev–Trinajstić information content (AvgIpc) is 3.17. The van der Waals surface area contributed by atoms with Gasteiger partial charge in [-0.2, -0.15) is 10.2 Å². The number of carbonyl (C=O) groups excluding carboxylic acids is 1. The van der Waals surface area contributed by atoms with Crippen LogP contribution in [0.15, 0.2) is 71.5 Å². The number of para-hydroxylation sites is 1. The zero-order valence-electron chi connectivity index (χ0n) is 14.7. The minimum Gasteiger partial charge on any atom is -0.315 e. The molecule has 0 saturated heterocycles. The van der Waals surface area contributed by atoms with Crippen LogP contribution in [-0.2, 0) is 11.2 Å². The Kier molecular flexibility index (Phi) is 4.25. The fourth-order valence-electron chi connectivity index (χ4n) is 2.87. The van der Waals surface area contributed by atoms with Gasteiger partial charge in [0, 0.05) is 18.3 Å². The van der Waals surface area contributed by atoms with Crippen molar-refractivity contribution in [1.82, 2.24) is 19.8 Å². The molecule has 2 heterocycles. The molecular formula is C20H17N5O2. The maximum atomic E-state index is 12.7. The fraction of sp³-hybridized carbons (Fsp3) is 0.100. The van der Waals surface area contributed by atoms with Crippen LogP contribution >= 0.6 is 0 Å². The van der Waals surface area contributed by atoms with E-state index >= 15 is 0 Å². The molecule has 0 unspecified atom stereocenters. The number of anilines is 1. The van der Waals surface area contributed by atoms with Gasteiger partial charge in [0.1, 0.15) is 5.52 Å². The molecule has 2 aromatic heterocycles. The van der Waals surface area contributed by atoms with Gasteiger partial charge < -0.3 is 4.90 Å². The number of carbonyl (C=O) groups is 1. The van der Waals surface area contributed by atoms with Gasteiger partial charge in [-0.25, -0.2) is 9.61 Å². The zero-order chi connectivity index (χ0) is 18.8. The van der Waals surface area contributed by atoms with E-state index in [9.17, 15) is 9.59 Å². The summed E-state index contributed by atoms with van der Waals surface area (Å²) >= 11 is 0. The molecule has 1 amide bonds. The van der Waals surface area contributed by atoms with Crippen LogP contribution in [0.3, 0.4) is 0 Å². The van der Waals surface area contributed by atoms with Gasteiger partial charge in [-0.1, -0.05) is 48.5 Å². The Morgan fingerprint density at radius 3 is 2.44 bits per heavy atom. The summed E-state index contributed by atoms with van der Waals surface area (Å²) in [7, 11) is 1.71. The summed E-state index contributed by atoms with van der Waals surface area (Å²) in [6.45, 7) is 0. The summed E-state index contributed by atoms with van der Waals surface area (Å²) < 4.78 is 1.44. The number of aromatic amines is 1. The molecule has 0 fully saturated rings. The standard InChI is InChI=1S/C20H17N5O2/c1-24(15-10-6-3-7-11-15)19(26)13-18-21-22-20(27)17-12-16(23-25(17)18)14-8-4-2-5-9-14/h2-12H,13H2,1H3,(H,22,27). The predicted octanol–water partition coefficient (Wildman–Crippen LogP) is 2.29. The first-order chi connectivity index (χ1) is 13.1. The third kappa shape index (κ3) is 3.22. The van der Waals surface area contributed by atoms with E-state index in [0.29, 0.717) is 17.0 Å². The van der Waals surface area contributed by atoms with Crippen LogP contribution in [0.4, 0.5) is 5.69 Å². The average molecular weight is 359 g/mol. The lowest BCUT2D eigenvalue weighted by Crippen LogP contribution is -2.30. The second-order valence-corrected chi connectivity index (χ2v) is 6.13. The highest BCUT2D eigenvalue weighted by Gasteiger charge is 2.17. The Labute approximate surface area is 154 Å². The van der Waals surface area contributed by atoms with Crippen molar-refractivity contribution in [1.29, 1.82) is 0 Å². The van der Waals surface area contributed by atoms with Crippen molar-refractivity contribution < 1.29 is 4.79 Å². The van der Waals surface area contributed by atoms with Crippen LogP contribution in [0, 0.1) is 0 Å². The fourth-order valence-corrected chi connectivity index (χ4v) is 2.87. The molecule has 0 saturated carbocycles. The third-order valence-electron chi connectivity index (χ3n) is 4.37. The molecule has 0 bridgehead atoms. The second kappa shape index (κ2) is 6.87. The molecule has 0 aliphatic rings. The highest BCUT2D eigenvalue weighted by molar-refractivity contribution is 5.93. The van der Waals surface area contributed by atoms with Gasteiger partial charge in [0.25, 0.3) is 5.56 Å². The molecule has 0 aliphatic heterocycles. The van der Waals surface area contributed by atoms with Crippen LogP contribution in [0.5, 0.6) is 0 Å². The molecule has 4 aromatic rings. The van der Waals surface area contributed by atoms with Crippen molar-refractivity contribution in [2.75, 3.05) is 11.9 Å². The molecule has 1 N–H and O–H groups in total. The van der Waals surface area contributed by atoms with Crippen LogP contribution in [0.25, 0.3) is 16.8 Å². The largest absolute Gasteiger partial charge is 0.315 e. The number of amides is 1. The van der Waals surface area contributed by atoms with E-state index in [-0.39, 0.29) is 17.9 Å². The molecule has 0 atom stereocenters. The number of likely N-dealkylation sites (N-methyl/N-ethyl adjacent to an activating group) is 1. The van der Waals surface area contributed by atoms with Crippen molar-refractivity contribution >= 4 is 17.1 Å². The summed E-state index contributed by atoms with van der Waals surface area (Å²) in [5, 5.41) is 11.0. The van der Waals surface area contributed by atoms with Crippen molar-refractivity contribution in [3.8, 4) is 11.3 Å². The minimum absolute atomic E-state index is 0.00852. The number of nitrogens with one attached hydrogen (secondary N) is 1. The number of nitrogens with zero attached hydrogens (tertiary/aromatic N) is 4. The molecule has 4 rings (SSSR count). The van der Waals surface area contributed by atoms with Crippen LogP contribution in [0.1, 0.15) is 5.82 Å². The quantitative estimate of drug-likeness (QED) is 0.606. The molecule has 2 aromatic carbocycles. The number of fused-ring (bicyclic) bond motifs is 1. The molecular weight excluding hydrogens is 342 g/mol. The predicted molar refractivity (Wildman–Crippen MR) is 103 cm³/mol. The minimum atomic E-state index is -0.350. The van der Waals surface area contributed by atoms with Crippen LogP contribution in [-0.4, -0.2) is 32.8 Å². The molecule has 7 heteroatoms. The smallest absolute Gasteiger partial charge is 0.290 e. The molecule has 7 nitrogen and oxygen atoms in total. The van der Waals surface area contributed by atoms with E-state index in [1.165, 1.54) is 4.52 Å². The van der Waals surface area contributed by atoms with E-state index in [2.05, 4.69) is 15.3 Å². The summed E-state index contributed by atoms with van der Waals surface area (Å²) in [6, 6.07) is 20.6. The van der Waals surface area contributed by atoms with E-state index in [1.807, 2.05) is 60.7 Å². The van der Waals surface area contributed by atoms with Gasteiger partial charge in [0.2, 0.25) is 5.91 Å². The van der Waals surface area contributed by atoms with Gasteiger partial charge in [0.05, 0.1) is 12.1 Å². The number of aromatic nitrogens is 4. The normalized spacial score (nSPS) is 10.9. The molecule has 0 aliphatic carbocycles. The Bertz CT molecular complexity index is 1150. The van der Waals surface area contributed by atoms with Crippen molar-refractivity contribution in [2.24, 2.45) is 0 Å². The molecule has 27 heavy (non-hydrogen) atoms. The zero-order valence-corrected chi connectivity index (χ0v) is 14.7. The molecule has 0 radical (unpaired) electrons. The maximum absolute atomic E-state index is 12.7. The number of hydrogen-bond donors (Lipinski definition) is 1. The SMILES string of the molecule is CN(C(=O)Cc1n[nH]c(=O)c2cc(-c3ccccc3)nn12)c1ccccc1. The third-order valence-corrected chi connectivity index (χ3v) is 4.37. The first kappa shape index (κ1) is 16.7. The Morgan fingerprint density at radius 2 is 1.74 bits per heavy atom. The lowest BCUT2D eigenvalue weighted by molar-refractivity contribution is -0.117. The second-order valence-electron chi connectivity index (χ2n) is 6.13. The number of hydrogen-bond acceptors (Lipinski definition) is 4. The molecule has 134 valence electrons. The van der Waals surface area contributed by atoms with Gasteiger partial charge in [-0.05, 0) is 18.2 Å². The summed E-state index contributed by atoms with van der Waals surface area (Å²) in [4.78, 5) is 26.4.